The van der Waals surface area contributed by atoms with Gasteiger partial charge in [0.25, 0.3) is 0 Å². The first-order valence-corrected chi connectivity index (χ1v) is 13.1. The third-order valence-corrected chi connectivity index (χ3v) is 7.11. The Balaban J connectivity index is 0.000000225. The molecule has 2 aromatic carbocycles. The maximum absolute atomic E-state index is 14.7. The van der Waals surface area contributed by atoms with Gasteiger partial charge in [-0.15, -0.1) is 0 Å². The van der Waals surface area contributed by atoms with Gasteiger partial charge in [-0.3, -0.25) is 9.59 Å². The van der Waals surface area contributed by atoms with Gasteiger partial charge in [-0.1, -0.05) is 51.5 Å². The van der Waals surface area contributed by atoms with Gasteiger partial charge in [0, 0.05) is 30.0 Å². The highest BCUT2D eigenvalue weighted by Gasteiger charge is 2.37. The van der Waals surface area contributed by atoms with Crippen LogP contribution in [0.15, 0.2) is 53.7 Å². The minimum atomic E-state index is -0.744. The van der Waals surface area contributed by atoms with Gasteiger partial charge in [-0.25, -0.2) is 8.78 Å². The Morgan fingerprint density at radius 1 is 1.05 bits per heavy atom. The molecule has 5 rings (SSSR count). The molecule has 1 aliphatic carbocycles. The number of para-hydroxylation sites is 1. The summed E-state index contributed by atoms with van der Waals surface area (Å²) < 4.78 is 34.3. The van der Waals surface area contributed by atoms with Crippen molar-refractivity contribution < 1.29 is 23.1 Å². The summed E-state index contributed by atoms with van der Waals surface area (Å²) in [5, 5.41) is 2.89. The molecule has 1 unspecified atom stereocenters. The van der Waals surface area contributed by atoms with Crippen LogP contribution in [0, 0.1) is 23.0 Å². The largest absolute Gasteiger partial charge is 0.426 e. The molecule has 1 atom stereocenters. The summed E-state index contributed by atoms with van der Waals surface area (Å²) >= 11 is 0. The number of nitrogens with zero attached hydrogens (tertiary/aromatic N) is 1. The zero-order valence-electron chi connectivity index (χ0n) is 22.1. The lowest BCUT2D eigenvalue weighted by molar-refractivity contribution is -0.137. The van der Waals surface area contributed by atoms with Crippen LogP contribution in [-0.4, -0.2) is 25.0 Å². The highest BCUT2D eigenvalue weighted by Crippen LogP contribution is 2.39. The number of hydrogen-bond donors (Lipinski definition) is 1. The average molecular weight is 511 g/mol. The molecule has 2 aromatic rings. The lowest BCUT2D eigenvalue weighted by Gasteiger charge is -2.47. The average Bonchev–Trinajstić information content (AvgIpc) is 2.78. The van der Waals surface area contributed by atoms with Crippen molar-refractivity contribution in [2.24, 2.45) is 11.3 Å². The summed E-state index contributed by atoms with van der Waals surface area (Å²) in [6, 6.07) is 11.8. The molecule has 1 N–H and O–H groups in total. The van der Waals surface area contributed by atoms with E-state index in [1.165, 1.54) is 17.7 Å². The number of anilines is 1. The molecule has 1 amide bonds. The number of carbonyl (C=O) groups is 2. The first kappa shape index (κ1) is 26.8. The molecule has 37 heavy (non-hydrogen) atoms. The SMILES string of the molecule is CC(C)C(=O)Oc1ccccc1.CC1(C)CN(c2cc(F)c(C3CCC(=C4CCC4)NC3=O)c(F)c2)C1. The van der Waals surface area contributed by atoms with Crippen LogP contribution in [0.1, 0.15) is 71.3 Å². The maximum atomic E-state index is 14.7. The Kier molecular flexibility index (Phi) is 8.00. The van der Waals surface area contributed by atoms with Crippen LogP contribution < -0.4 is 15.0 Å². The molecule has 2 aliphatic heterocycles. The molecule has 0 aromatic heterocycles. The van der Waals surface area contributed by atoms with E-state index in [2.05, 4.69) is 19.2 Å². The molecule has 2 heterocycles. The van der Waals surface area contributed by atoms with Gasteiger partial charge in [0.1, 0.15) is 17.4 Å². The third kappa shape index (κ3) is 6.38. The highest BCUT2D eigenvalue weighted by atomic mass is 19.1. The second-order valence-corrected chi connectivity index (χ2v) is 11.2. The van der Waals surface area contributed by atoms with Gasteiger partial charge >= 0.3 is 5.97 Å². The number of allylic oxidation sites excluding steroid dienone is 2. The van der Waals surface area contributed by atoms with Crippen molar-refractivity contribution in [3.8, 4) is 5.75 Å². The normalized spacial score (nSPS) is 20.4. The summed E-state index contributed by atoms with van der Waals surface area (Å²) in [6.45, 7) is 9.45. The van der Waals surface area contributed by atoms with Crippen LogP contribution in [0.25, 0.3) is 0 Å². The summed E-state index contributed by atoms with van der Waals surface area (Å²) in [5.74, 6) is -1.91. The predicted molar refractivity (Wildman–Crippen MR) is 140 cm³/mol. The van der Waals surface area contributed by atoms with E-state index in [0.717, 1.165) is 38.0 Å². The molecule has 7 heteroatoms. The summed E-state index contributed by atoms with van der Waals surface area (Å²) in [6.07, 6.45) is 4.38. The second-order valence-electron chi connectivity index (χ2n) is 11.2. The molecule has 198 valence electrons. The molecular formula is C30H36F2N2O3. The van der Waals surface area contributed by atoms with Crippen molar-refractivity contribution in [1.29, 1.82) is 0 Å². The fourth-order valence-corrected chi connectivity index (χ4v) is 4.89. The number of piperidine rings is 1. The van der Waals surface area contributed by atoms with Gasteiger partial charge in [-0.2, -0.15) is 0 Å². The molecule has 5 nitrogen and oxygen atoms in total. The third-order valence-electron chi connectivity index (χ3n) is 7.11. The summed E-state index contributed by atoms with van der Waals surface area (Å²) in [7, 11) is 0. The number of amides is 1. The molecular weight excluding hydrogens is 474 g/mol. The molecule has 0 radical (unpaired) electrons. The Morgan fingerprint density at radius 3 is 2.16 bits per heavy atom. The lowest BCUT2D eigenvalue weighted by atomic mass is 9.82. The Morgan fingerprint density at radius 2 is 1.68 bits per heavy atom. The Labute approximate surface area is 217 Å². The van der Waals surface area contributed by atoms with E-state index in [9.17, 15) is 18.4 Å². The zero-order chi connectivity index (χ0) is 26.7. The van der Waals surface area contributed by atoms with Crippen LogP contribution in [0.3, 0.4) is 0 Å². The number of carbonyl (C=O) groups excluding carboxylic acids is 2. The predicted octanol–water partition coefficient (Wildman–Crippen LogP) is 6.49. The van der Waals surface area contributed by atoms with Crippen LogP contribution in [0.5, 0.6) is 5.75 Å². The first-order chi connectivity index (χ1) is 17.5. The standard InChI is InChI=1S/C20H24F2N2O.C10H12O2/c1-20(2)10-24(11-20)13-8-15(21)18(16(22)9-13)14-6-7-17(23-19(14)25)12-4-3-5-12;1-8(2)10(11)12-9-6-4-3-5-7-9/h8-9,14H,3-7,10-11H2,1-2H3,(H,23,25);3-8H,1-2H3. The fraction of sp³-hybridized carbons (Fsp3) is 0.467. The lowest BCUT2D eigenvalue weighted by Crippen LogP contribution is -2.53. The van der Waals surface area contributed by atoms with Crippen LogP contribution in [-0.2, 0) is 9.59 Å². The molecule has 1 saturated carbocycles. The number of halogens is 2. The number of esters is 1. The van der Waals surface area contributed by atoms with E-state index in [0.29, 0.717) is 24.3 Å². The van der Waals surface area contributed by atoms with E-state index < -0.39 is 17.6 Å². The van der Waals surface area contributed by atoms with Crippen LogP contribution >= 0.6 is 0 Å². The van der Waals surface area contributed by atoms with E-state index >= 15 is 0 Å². The number of benzene rings is 2. The second kappa shape index (κ2) is 11.0. The van der Waals surface area contributed by atoms with Crippen LogP contribution in [0.4, 0.5) is 14.5 Å². The minimum absolute atomic E-state index is 0.0785. The molecule has 2 saturated heterocycles. The van der Waals surface area contributed by atoms with E-state index in [1.807, 2.05) is 36.9 Å². The van der Waals surface area contributed by atoms with Gasteiger partial charge in [0.15, 0.2) is 0 Å². The molecule has 3 aliphatic rings. The summed E-state index contributed by atoms with van der Waals surface area (Å²) in [4.78, 5) is 25.5. The monoisotopic (exact) mass is 510 g/mol. The molecule has 3 fully saturated rings. The van der Waals surface area contributed by atoms with E-state index in [1.54, 1.807) is 12.1 Å². The minimum Gasteiger partial charge on any atom is -0.426 e. The zero-order valence-corrected chi connectivity index (χ0v) is 22.1. The number of nitrogens with one attached hydrogen (secondary N) is 1. The van der Waals surface area contributed by atoms with E-state index in [-0.39, 0.29) is 28.8 Å². The van der Waals surface area contributed by atoms with Crippen LogP contribution in [0.2, 0.25) is 0 Å². The van der Waals surface area contributed by atoms with Crippen molar-refractivity contribution in [3.63, 3.8) is 0 Å². The van der Waals surface area contributed by atoms with Gasteiger partial charge < -0.3 is 15.0 Å². The number of hydrogen-bond acceptors (Lipinski definition) is 4. The number of ether oxygens (including phenoxy) is 1. The highest BCUT2D eigenvalue weighted by molar-refractivity contribution is 5.86. The smallest absolute Gasteiger partial charge is 0.313 e. The molecule has 0 spiro atoms. The molecule has 0 bridgehead atoms. The maximum Gasteiger partial charge on any atom is 0.313 e. The number of rotatable bonds is 4. The van der Waals surface area contributed by atoms with Crippen molar-refractivity contribution in [3.05, 3.63) is 70.9 Å². The van der Waals surface area contributed by atoms with Gasteiger partial charge in [-0.05, 0) is 61.8 Å². The van der Waals surface area contributed by atoms with Crippen molar-refractivity contribution in [2.45, 2.75) is 65.7 Å². The van der Waals surface area contributed by atoms with E-state index in [4.69, 9.17) is 4.74 Å². The quantitative estimate of drug-likeness (QED) is 0.377. The first-order valence-electron chi connectivity index (χ1n) is 13.1. The van der Waals surface area contributed by atoms with Crippen molar-refractivity contribution >= 4 is 17.6 Å². The van der Waals surface area contributed by atoms with Gasteiger partial charge in [0.2, 0.25) is 5.91 Å². The van der Waals surface area contributed by atoms with Gasteiger partial charge in [0.05, 0.1) is 11.8 Å². The van der Waals surface area contributed by atoms with Crippen molar-refractivity contribution in [2.75, 3.05) is 18.0 Å². The topological polar surface area (TPSA) is 58.6 Å². The fourth-order valence-electron chi connectivity index (χ4n) is 4.89. The Bertz CT molecular complexity index is 1150. The van der Waals surface area contributed by atoms with Crippen molar-refractivity contribution in [1.82, 2.24) is 5.32 Å². The Hall–Kier alpha value is -3.22. The summed E-state index contributed by atoms with van der Waals surface area (Å²) in [5.41, 5.74) is 2.93.